The second-order valence-corrected chi connectivity index (χ2v) is 8.91. The Bertz CT molecular complexity index is 745. The van der Waals surface area contributed by atoms with Gasteiger partial charge in [-0.15, -0.1) is 0 Å². The first-order valence-electron chi connectivity index (χ1n) is 9.34. The quantitative estimate of drug-likeness (QED) is 0.592. The first kappa shape index (κ1) is 22.2. The number of carboxylic acid groups (broad SMARTS) is 1. The zero-order chi connectivity index (χ0) is 20.9. The fraction of sp³-hybridized carbons (Fsp3) is 0.550. The number of carbonyl (C=O) groups excluding carboxylic acids is 2. The molecule has 1 aromatic rings. The average Bonchev–Trinajstić information content (AvgIpc) is 2.64. The van der Waals surface area contributed by atoms with Crippen molar-refractivity contribution in [2.24, 2.45) is 11.8 Å². The summed E-state index contributed by atoms with van der Waals surface area (Å²) in [4.78, 5) is 35.5. The monoisotopic (exact) mass is 454 g/mol. The topological polar surface area (TPSA) is 105 Å². The third-order valence-corrected chi connectivity index (χ3v) is 5.52. The number of nitrogens with one attached hydrogen (secondary N) is 2. The van der Waals surface area contributed by atoms with E-state index in [4.69, 9.17) is 4.74 Å². The van der Waals surface area contributed by atoms with E-state index >= 15 is 0 Å². The summed E-state index contributed by atoms with van der Waals surface area (Å²) in [6.07, 6.45) is 2.58. The molecule has 2 amide bonds. The molecule has 2 atom stereocenters. The molecular formula is C20H27BrN2O5. The zero-order valence-electron chi connectivity index (χ0n) is 16.4. The van der Waals surface area contributed by atoms with E-state index in [1.165, 1.54) is 0 Å². The highest BCUT2D eigenvalue weighted by Crippen LogP contribution is 2.32. The van der Waals surface area contributed by atoms with Gasteiger partial charge in [-0.1, -0.05) is 39.7 Å². The molecule has 154 valence electrons. The van der Waals surface area contributed by atoms with E-state index in [-0.39, 0.29) is 12.0 Å². The first-order valence-corrected chi connectivity index (χ1v) is 10.1. The van der Waals surface area contributed by atoms with Crippen molar-refractivity contribution in [3.63, 3.8) is 0 Å². The number of ether oxygens (including phenoxy) is 1. The lowest BCUT2D eigenvalue weighted by Gasteiger charge is -2.27. The third kappa shape index (κ3) is 5.95. The molecule has 0 bridgehead atoms. The molecule has 0 heterocycles. The van der Waals surface area contributed by atoms with Crippen LogP contribution in [0.5, 0.6) is 5.75 Å². The van der Waals surface area contributed by atoms with E-state index in [2.05, 4.69) is 47.6 Å². The summed E-state index contributed by atoms with van der Waals surface area (Å²) >= 11 is 3.44. The van der Waals surface area contributed by atoms with Crippen molar-refractivity contribution in [3.8, 4) is 5.75 Å². The number of aliphatic carboxylic acids is 1. The van der Waals surface area contributed by atoms with E-state index < -0.39 is 29.6 Å². The van der Waals surface area contributed by atoms with Gasteiger partial charge in [0.2, 0.25) is 5.91 Å². The molecular weight excluding hydrogens is 428 g/mol. The smallest absolute Gasteiger partial charge is 0.307 e. The Morgan fingerprint density at radius 1 is 1.14 bits per heavy atom. The van der Waals surface area contributed by atoms with Gasteiger partial charge in [0.1, 0.15) is 5.75 Å². The molecule has 7 nitrogen and oxygen atoms in total. The van der Waals surface area contributed by atoms with Gasteiger partial charge in [-0.2, -0.15) is 0 Å². The molecule has 0 unspecified atom stereocenters. The molecule has 2 rings (SSSR count). The number of carboxylic acids is 1. The highest BCUT2D eigenvalue weighted by molar-refractivity contribution is 9.10. The zero-order valence-corrected chi connectivity index (χ0v) is 18.0. The lowest BCUT2D eigenvalue weighted by Crippen LogP contribution is -2.49. The van der Waals surface area contributed by atoms with Crippen LogP contribution in [-0.2, 0) is 19.8 Å². The molecule has 3 N–H and O–H groups in total. The summed E-state index contributed by atoms with van der Waals surface area (Å²) in [6, 6.07) is 5.68. The van der Waals surface area contributed by atoms with Gasteiger partial charge in [-0.25, -0.2) is 0 Å². The maximum absolute atomic E-state index is 12.2. The Kier molecular flexibility index (Phi) is 7.46. The largest absolute Gasteiger partial charge is 0.483 e. The van der Waals surface area contributed by atoms with Gasteiger partial charge >= 0.3 is 5.97 Å². The number of halogens is 1. The molecule has 0 saturated heterocycles. The van der Waals surface area contributed by atoms with E-state index in [0.717, 1.165) is 22.9 Å². The van der Waals surface area contributed by atoms with Crippen molar-refractivity contribution >= 4 is 33.7 Å². The maximum Gasteiger partial charge on any atom is 0.307 e. The van der Waals surface area contributed by atoms with E-state index in [0.29, 0.717) is 18.6 Å². The SMILES string of the molecule is CC(C)(C)c1ccc(OCC(=O)NNC(=O)[C@@H]2CCCC[C@H]2C(=O)O)c(Br)c1. The molecule has 0 spiro atoms. The maximum atomic E-state index is 12.2. The Hall–Kier alpha value is -2.09. The third-order valence-electron chi connectivity index (χ3n) is 4.90. The van der Waals surface area contributed by atoms with Crippen molar-refractivity contribution in [1.29, 1.82) is 0 Å². The lowest BCUT2D eigenvalue weighted by molar-refractivity contribution is -0.149. The summed E-state index contributed by atoms with van der Waals surface area (Å²) in [6.45, 7) is 6.03. The van der Waals surface area contributed by atoms with Gasteiger partial charge in [0, 0.05) is 0 Å². The molecule has 1 fully saturated rings. The Labute approximate surface area is 173 Å². The number of hydrogen-bond donors (Lipinski definition) is 3. The van der Waals surface area contributed by atoms with Gasteiger partial charge < -0.3 is 9.84 Å². The molecule has 28 heavy (non-hydrogen) atoms. The lowest BCUT2D eigenvalue weighted by atomic mass is 9.79. The number of carbonyl (C=O) groups is 3. The van der Waals surface area contributed by atoms with Crippen LogP contribution in [-0.4, -0.2) is 29.5 Å². The number of benzene rings is 1. The summed E-state index contributed by atoms with van der Waals surface area (Å²) < 4.78 is 6.24. The molecule has 1 aliphatic carbocycles. The highest BCUT2D eigenvalue weighted by Gasteiger charge is 2.35. The van der Waals surface area contributed by atoms with Crippen molar-refractivity contribution < 1.29 is 24.2 Å². The minimum Gasteiger partial charge on any atom is -0.483 e. The first-order chi connectivity index (χ1) is 13.1. The van der Waals surface area contributed by atoms with Crippen LogP contribution in [0.3, 0.4) is 0 Å². The van der Waals surface area contributed by atoms with Crippen molar-refractivity contribution in [1.82, 2.24) is 10.9 Å². The Morgan fingerprint density at radius 3 is 2.36 bits per heavy atom. The van der Waals surface area contributed by atoms with Crippen molar-refractivity contribution in [2.75, 3.05) is 6.61 Å². The number of hydrazine groups is 1. The molecule has 0 radical (unpaired) electrons. The van der Waals surface area contributed by atoms with E-state index in [1.807, 2.05) is 12.1 Å². The number of rotatable bonds is 5. The van der Waals surface area contributed by atoms with Crippen molar-refractivity contribution in [2.45, 2.75) is 51.9 Å². The molecule has 8 heteroatoms. The van der Waals surface area contributed by atoms with E-state index in [1.54, 1.807) is 6.07 Å². The molecule has 1 aromatic carbocycles. The normalized spacial score (nSPS) is 19.6. The second-order valence-electron chi connectivity index (χ2n) is 8.06. The van der Waals surface area contributed by atoms with Crippen LogP contribution in [0.2, 0.25) is 0 Å². The van der Waals surface area contributed by atoms with Crippen LogP contribution in [0.4, 0.5) is 0 Å². The predicted octanol–water partition coefficient (Wildman–Crippen LogP) is 3.16. The summed E-state index contributed by atoms with van der Waals surface area (Å²) in [5.41, 5.74) is 5.74. The van der Waals surface area contributed by atoms with Crippen LogP contribution in [0.15, 0.2) is 22.7 Å². The Balaban J connectivity index is 1.84. The fourth-order valence-electron chi connectivity index (χ4n) is 3.23. The molecule has 0 aliphatic heterocycles. The van der Waals surface area contributed by atoms with Gasteiger partial charge in [-0.05, 0) is 51.9 Å². The van der Waals surface area contributed by atoms with Gasteiger partial charge in [-0.3, -0.25) is 25.2 Å². The highest BCUT2D eigenvalue weighted by atomic mass is 79.9. The minimum absolute atomic E-state index is 0.00433. The van der Waals surface area contributed by atoms with E-state index in [9.17, 15) is 19.5 Å². The number of amides is 2. The van der Waals surface area contributed by atoms with Crippen LogP contribution >= 0.6 is 15.9 Å². The summed E-state index contributed by atoms with van der Waals surface area (Å²) in [5, 5.41) is 9.25. The molecule has 1 saturated carbocycles. The molecule has 1 aliphatic rings. The fourth-order valence-corrected chi connectivity index (χ4v) is 3.72. The van der Waals surface area contributed by atoms with Crippen molar-refractivity contribution in [3.05, 3.63) is 28.2 Å². The van der Waals surface area contributed by atoms with Crippen LogP contribution in [0.25, 0.3) is 0 Å². The molecule has 0 aromatic heterocycles. The van der Waals surface area contributed by atoms with Gasteiger partial charge in [0.25, 0.3) is 5.91 Å². The summed E-state index contributed by atoms with van der Waals surface area (Å²) in [7, 11) is 0. The van der Waals surface area contributed by atoms with Gasteiger partial charge in [0.05, 0.1) is 16.3 Å². The minimum atomic E-state index is -0.974. The van der Waals surface area contributed by atoms with Crippen LogP contribution < -0.4 is 15.6 Å². The second kappa shape index (κ2) is 9.41. The number of hydrogen-bond acceptors (Lipinski definition) is 4. The van der Waals surface area contributed by atoms with Gasteiger partial charge in [0.15, 0.2) is 6.61 Å². The summed E-state index contributed by atoms with van der Waals surface area (Å²) in [5.74, 6) is -2.80. The average molecular weight is 455 g/mol. The predicted molar refractivity (Wildman–Crippen MR) is 108 cm³/mol. The Morgan fingerprint density at radius 2 is 1.79 bits per heavy atom. The van der Waals surface area contributed by atoms with Crippen LogP contribution in [0, 0.1) is 11.8 Å². The standard InChI is InChI=1S/C20H27BrN2O5/c1-20(2,3)12-8-9-16(15(21)10-12)28-11-17(24)22-23-18(25)13-6-4-5-7-14(13)19(26)27/h8-10,13-14H,4-7,11H2,1-3H3,(H,22,24)(H,23,25)(H,26,27)/t13-,14-/m1/s1. The van der Waals surface area contributed by atoms with Crippen LogP contribution in [0.1, 0.15) is 52.0 Å².